The third kappa shape index (κ3) is 4.53. The number of hydrogen-bond acceptors (Lipinski definition) is 3. The Balaban J connectivity index is 1.33. The van der Waals surface area contributed by atoms with Crippen molar-refractivity contribution in [3.8, 4) is 5.69 Å². The zero-order valence-electron chi connectivity index (χ0n) is 15.9. The molecule has 0 atom stereocenters. The molecule has 0 bridgehead atoms. The number of piperazine rings is 1. The lowest BCUT2D eigenvalue weighted by atomic mass is 10.2. The number of aliphatic imine (C=N–C) groups is 1. The fourth-order valence-corrected chi connectivity index (χ4v) is 3.29. The van der Waals surface area contributed by atoms with E-state index in [2.05, 4.69) is 15.0 Å². The van der Waals surface area contributed by atoms with Crippen LogP contribution in [0.15, 0.2) is 65.8 Å². The van der Waals surface area contributed by atoms with Crippen molar-refractivity contribution < 1.29 is 8.78 Å². The maximum atomic E-state index is 13.1. The number of halogens is 2. The quantitative estimate of drug-likeness (QED) is 0.544. The first-order valence-corrected chi connectivity index (χ1v) is 9.44. The van der Waals surface area contributed by atoms with E-state index in [1.807, 2.05) is 17.2 Å². The molecule has 0 amide bonds. The summed E-state index contributed by atoms with van der Waals surface area (Å²) in [6, 6.07) is 14.5. The molecule has 2 aromatic carbocycles. The van der Waals surface area contributed by atoms with Crippen molar-refractivity contribution in [1.29, 1.82) is 0 Å². The zero-order valence-corrected chi connectivity index (χ0v) is 15.9. The van der Waals surface area contributed by atoms with Gasteiger partial charge in [-0.05, 0) is 54.6 Å². The summed E-state index contributed by atoms with van der Waals surface area (Å²) in [7, 11) is 0. The van der Waals surface area contributed by atoms with E-state index in [1.54, 1.807) is 28.9 Å². The smallest absolute Gasteiger partial charge is 0.191 e. The maximum Gasteiger partial charge on any atom is 0.191 e. The summed E-state index contributed by atoms with van der Waals surface area (Å²) in [5.74, 6) is -0.0243. The number of nitrogens with two attached hydrogens (primary N) is 1. The van der Waals surface area contributed by atoms with Gasteiger partial charge in [-0.2, -0.15) is 5.10 Å². The predicted octanol–water partition coefficient (Wildman–Crippen LogP) is 2.79. The van der Waals surface area contributed by atoms with Gasteiger partial charge in [0.1, 0.15) is 11.6 Å². The largest absolute Gasteiger partial charge is 0.370 e. The average molecular weight is 396 g/mol. The van der Waals surface area contributed by atoms with Crippen molar-refractivity contribution in [3.63, 3.8) is 0 Å². The summed E-state index contributed by atoms with van der Waals surface area (Å²) < 4.78 is 27.8. The lowest BCUT2D eigenvalue weighted by Crippen LogP contribution is -2.51. The summed E-state index contributed by atoms with van der Waals surface area (Å²) in [6.07, 6.45) is 1.82. The highest BCUT2D eigenvalue weighted by Crippen LogP contribution is 2.17. The van der Waals surface area contributed by atoms with Gasteiger partial charge in [-0.1, -0.05) is 0 Å². The van der Waals surface area contributed by atoms with E-state index in [9.17, 15) is 8.78 Å². The predicted molar refractivity (Wildman–Crippen MR) is 109 cm³/mol. The Bertz CT molecular complexity index is 973. The topological polar surface area (TPSA) is 62.7 Å². The van der Waals surface area contributed by atoms with Crippen LogP contribution in [0.2, 0.25) is 0 Å². The molecule has 3 aromatic rings. The van der Waals surface area contributed by atoms with Gasteiger partial charge in [0.05, 0.1) is 17.9 Å². The fourth-order valence-electron chi connectivity index (χ4n) is 3.29. The Morgan fingerprint density at radius 2 is 1.45 bits per heavy atom. The van der Waals surface area contributed by atoms with E-state index in [-0.39, 0.29) is 11.6 Å². The second kappa shape index (κ2) is 8.30. The van der Waals surface area contributed by atoms with Gasteiger partial charge in [-0.3, -0.25) is 0 Å². The van der Waals surface area contributed by atoms with Crippen molar-refractivity contribution in [2.75, 3.05) is 31.1 Å². The Morgan fingerprint density at radius 3 is 2.07 bits per heavy atom. The molecule has 29 heavy (non-hydrogen) atoms. The second-order valence-corrected chi connectivity index (χ2v) is 6.85. The molecule has 1 aliphatic heterocycles. The minimum Gasteiger partial charge on any atom is -0.370 e. The van der Waals surface area contributed by atoms with Gasteiger partial charge >= 0.3 is 0 Å². The molecule has 0 spiro atoms. The van der Waals surface area contributed by atoms with E-state index in [1.165, 1.54) is 24.3 Å². The molecule has 2 heterocycles. The van der Waals surface area contributed by atoms with Crippen LogP contribution in [0.25, 0.3) is 5.69 Å². The van der Waals surface area contributed by atoms with Gasteiger partial charge in [0.25, 0.3) is 0 Å². The van der Waals surface area contributed by atoms with Gasteiger partial charge in [0.2, 0.25) is 0 Å². The summed E-state index contributed by atoms with van der Waals surface area (Å²) in [6.45, 7) is 3.45. The first kappa shape index (κ1) is 18.9. The number of nitrogens with zero attached hydrogens (tertiary/aromatic N) is 5. The lowest BCUT2D eigenvalue weighted by molar-refractivity contribution is 0.380. The fraction of sp³-hybridized carbons (Fsp3) is 0.238. The van der Waals surface area contributed by atoms with Crippen LogP contribution in [0.4, 0.5) is 14.5 Å². The molecular formula is C21H22F2N6. The van der Waals surface area contributed by atoms with Crippen LogP contribution < -0.4 is 10.6 Å². The molecule has 4 rings (SSSR count). The third-order valence-corrected chi connectivity index (χ3v) is 4.93. The van der Waals surface area contributed by atoms with E-state index in [0.29, 0.717) is 12.5 Å². The van der Waals surface area contributed by atoms with E-state index < -0.39 is 0 Å². The van der Waals surface area contributed by atoms with Crippen molar-refractivity contribution in [3.05, 3.63) is 78.1 Å². The lowest BCUT2D eigenvalue weighted by Gasteiger charge is -2.36. The van der Waals surface area contributed by atoms with Crippen molar-refractivity contribution >= 4 is 11.6 Å². The molecule has 0 radical (unpaired) electrons. The molecule has 1 saturated heterocycles. The van der Waals surface area contributed by atoms with Crippen LogP contribution in [0.3, 0.4) is 0 Å². The molecule has 0 aliphatic carbocycles. The Kier molecular flexibility index (Phi) is 5.41. The van der Waals surface area contributed by atoms with Gasteiger partial charge in [0, 0.05) is 38.1 Å². The molecule has 1 aliphatic rings. The minimum absolute atomic E-state index is 0.231. The molecule has 150 valence electrons. The van der Waals surface area contributed by atoms with Crippen molar-refractivity contribution in [2.45, 2.75) is 6.54 Å². The summed E-state index contributed by atoms with van der Waals surface area (Å²) in [4.78, 5) is 8.71. The molecular weight excluding hydrogens is 374 g/mol. The Labute approximate surface area is 167 Å². The molecule has 2 N–H and O–H groups in total. The van der Waals surface area contributed by atoms with E-state index in [4.69, 9.17) is 5.73 Å². The molecule has 1 fully saturated rings. The molecule has 8 heteroatoms. The number of rotatable bonds is 4. The van der Waals surface area contributed by atoms with Gasteiger partial charge in [0.15, 0.2) is 5.96 Å². The van der Waals surface area contributed by atoms with Crippen LogP contribution >= 0.6 is 0 Å². The minimum atomic E-state index is -0.280. The van der Waals surface area contributed by atoms with Gasteiger partial charge < -0.3 is 15.5 Å². The highest BCUT2D eigenvalue weighted by molar-refractivity contribution is 5.78. The van der Waals surface area contributed by atoms with Crippen LogP contribution in [0, 0.1) is 11.6 Å². The maximum absolute atomic E-state index is 13.1. The molecule has 6 nitrogen and oxygen atoms in total. The van der Waals surface area contributed by atoms with Crippen LogP contribution in [-0.4, -0.2) is 46.8 Å². The van der Waals surface area contributed by atoms with Crippen molar-refractivity contribution in [1.82, 2.24) is 14.7 Å². The number of anilines is 1. The Morgan fingerprint density at radius 1 is 0.862 bits per heavy atom. The summed E-state index contributed by atoms with van der Waals surface area (Å²) >= 11 is 0. The van der Waals surface area contributed by atoms with Crippen LogP contribution in [0.1, 0.15) is 5.69 Å². The van der Waals surface area contributed by atoms with Crippen LogP contribution in [-0.2, 0) is 6.54 Å². The molecule has 0 saturated carbocycles. The first-order valence-electron chi connectivity index (χ1n) is 9.44. The number of aromatic nitrogens is 2. The standard InChI is InChI=1S/C21H22F2N6/c22-16-1-5-19(6-2-16)27-11-13-28(14-12-27)21(24)25-15-18-9-10-29(26-18)20-7-3-17(23)4-8-20/h1-10H,11-15H2,(H2,24,25). The number of hydrogen-bond donors (Lipinski definition) is 1. The second-order valence-electron chi connectivity index (χ2n) is 6.85. The van der Waals surface area contributed by atoms with Crippen molar-refractivity contribution in [2.24, 2.45) is 10.7 Å². The summed E-state index contributed by atoms with van der Waals surface area (Å²) in [5, 5.41) is 4.46. The number of benzene rings is 2. The van der Waals surface area contributed by atoms with E-state index in [0.717, 1.165) is 43.2 Å². The molecule has 1 aromatic heterocycles. The van der Waals surface area contributed by atoms with E-state index >= 15 is 0 Å². The summed E-state index contributed by atoms with van der Waals surface area (Å²) in [5.41, 5.74) is 8.74. The average Bonchev–Trinajstić information content (AvgIpc) is 3.22. The van der Waals surface area contributed by atoms with Crippen LogP contribution in [0.5, 0.6) is 0 Å². The zero-order chi connectivity index (χ0) is 20.2. The van der Waals surface area contributed by atoms with Gasteiger partial charge in [-0.25, -0.2) is 18.5 Å². The van der Waals surface area contributed by atoms with Gasteiger partial charge in [-0.15, -0.1) is 0 Å². The normalized spacial score (nSPS) is 15.0. The highest BCUT2D eigenvalue weighted by Gasteiger charge is 2.18. The Hall–Kier alpha value is -3.42. The third-order valence-electron chi connectivity index (χ3n) is 4.93. The monoisotopic (exact) mass is 396 g/mol. The highest BCUT2D eigenvalue weighted by atomic mass is 19.1. The first-order chi connectivity index (χ1) is 14.1. The number of guanidine groups is 1. The molecule has 0 unspecified atom stereocenters. The SMILES string of the molecule is NC(=NCc1ccn(-c2ccc(F)cc2)n1)N1CCN(c2ccc(F)cc2)CC1.